The molecule has 0 aliphatic rings. The molecule has 22 heavy (non-hydrogen) atoms. The number of hydrogen-bond acceptors (Lipinski definition) is 4. The standard InChI is InChI=1S/C16H17N3O3/c1-2-12-7-3-4-8-13(12)18-16(20)11-17-14-9-5-6-10-15(14)19(21)22/h3-10,17H,2,11H2,1H3,(H,18,20). The zero-order valence-electron chi connectivity index (χ0n) is 12.2. The maximum atomic E-state index is 12.0. The zero-order valence-corrected chi connectivity index (χ0v) is 12.2. The molecule has 114 valence electrons. The number of nitro benzene ring substituents is 1. The van der Waals surface area contributed by atoms with E-state index in [0.29, 0.717) is 5.69 Å². The zero-order chi connectivity index (χ0) is 15.9. The lowest BCUT2D eigenvalue weighted by atomic mass is 10.1. The fourth-order valence-corrected chi connectivity index (χ4v) is 2.10. The van der Waals surface area contributed by atoms with Crippen LogP contribution in [0, 0.1) is 10.1 Å². The molecule has 0 radical (unpaired) electrons. The van der Waals surface area contributed by atoms with Crippen LogP contribution in [0.25, 0.3) is 0 Å². The van der Waals surface area contributed by atoms with Crippen LogP contribution in [0.2, 0.25) is 0 Å². The monoisotopic (exact) mass is 299 g/mol. The molecule has 0 unspecified atom stereocenters. The molecule has 0 aliphatic heterocycles. The summed E-state index contributed by atoms with van der Waals surface area (Å²) in [5.74, 6) is -0.251. The summed E-state index contributed by atoms with van der Waals surface area (Å²) >= 11 is 0. The Balaban J connectivity index is 2.00. The van der Waals surface area contributed by atoms with Crippen molar-refractivity contribution in [1.29, 1.82) is 0 Å². The Morgan fingerprint density at radius 1 is 1.09 bits per heavy atom. The minimum atomic E-state index is -0.480. The van der Waals surface area contributed by atoms with E-state index in [-0.39, 0.29) is 18.1 Å². The van der Waals surface area contributed by atoms with Crippen LogP contribution in [-0.4, -0.2) is 17.4 Å². The van der Waals surface area contributed by atoms with Crippen molar-refractivity contribution >= 4 is 23.0 Å². The summed E-state index contributed by atoms with van der Waals surface area (Å²) in [6.07, 6.45) is 0.814. The molecule has 0 fully saturated rings. The normalized spacial score (nSPS) is 10.0. The van der Waals surface area contributed by atoms with Crippen molar-refractivity contribution in [3.63, 3.8) is 0 Å². The fraction of sp³-hybridized carbons (Fsp3) is 0.188. The molecule has 2 N–H and O–H groups in total. The van der Waals surface area contributed by atoms with Crippen molar-refractivity contribution in [2.75, 3.05) is 17.2 Å². The summed E-state index contributed by atoms with van der Waals surface area (Å²) in [6, 6.07) is 13.8. The van der Waals surface area contributed by atoms with Gasteiger partial charge in [-0.25, -0.2) is 0 Å². The van der Waals surface area contributed by atoms with Gasteiger partial charge >= 0.3 is 0 Å². The van der Waals surface area contributed by atoms with E-state index in [2.05, 4.69) is 10.6 Å². The van der Waals surface area contributed by atoms with Crippen LogP contribution in [0.3, 0.4) is 0 Å². The van der Waals surface area contributed by atoms with E-state index in [1.165, 1.54) is 6.07 Å². The average molecular weight is 299 g/mol. The first-order chi connectivity index (χ1) is 10.6. The highest BCUT2D eigenvalue weighted by atomic mass is 16.6. The summed E-state index contributed by atoms with van der Waals surface area (Å²) < 4.78 is 0. The lowest BCUT2D eigenvalue weighted by Gasteiger charge is -2.11. The van der Waals surface area contributed by atoms with Gasteiger partial charge in [-0.15, -0.1) is 0 Å². The Morgan fingerprint density at radius 3 is 2.41 bits per heavy atom. The van der Waals surface area contributed by atoms with Crippen molar-refractivity contribution in [3.8, 4) is 0 Å². The third kappa shape index (κ3) is 3.82. The van der Waals surface area contributed by atoms with Crippen LogP contribution >= 0.6 is 0 Å². The molecule has 6 heteroatoms. The molecule has 2 aromatic rings. The van der Waals surface area contributed by atoms with Gasteiger partial charge in [0.15, 0.2) is 0 Å². The van der Waals surface area contributed by atoms with Crippen molar-refractivity contribution in [2.45, 2.75) is 13.3 Å². The summed E-state index contributed by atoms with van der Waals surface area (Å²) in [5, 5.41) is 16.5. The molecule has 0 atom stereocenters. The second-order valence-corrected chi connectivity index (χ2v) is 4.69. The maximum Gasteiger partial charge on any atom is 0.292 e. The molecule has 0 bridgehead atoms. The van der Waals surface area contributed by atoms with Gasteiger partial charge in [-0.05, 0) is 24.1 Å². The smallest absolute Gasteiger partial charge is 0.292 e. The second kappa shape index (κ2) is 7.21. The summed E-state index contributed by atoms with van der Waals surface area (Å²) in [4.78, 5) is 22.4. The van der Waals surface area contributed by atoms with E-state index in [0.717, 1.165) is 17.7 Å². The molecule has 0 spiro atoms. The molecule has 2 rings (SSSR count). The van der Waals surface area contributed by atoms with E-state index in [9.17, 15) is 14.9 Å². The highest BCUT2D eigenvalue weighted by molar-refractivity contribution is 5.94. The largest absolute Gasteiger partial charge is 0.371 e. The number of aryl methyl sites for hydroxylation is 1. The molecule has 2 aromatic carbocycles. The van der Waals surface area contributed by atoms with Crippen molar-refractivity contribution < 1.29 is 9.72 Å². The number of anilines is 2. The number of benzene rings is 2. The first-order valence-corrected chi connectivity index (χ1v) is 6.97. The van der Waals surface area contributed by atoms with Crippen LogP contribution in [0.4, 0.5) is 17.1 Å². The molecular weight excluding hydrogens is 282 g/mol. The summed E-state index contributed by atoms with van der Waals surface area (Å²) in [6.45, 7) is 1.97. The Morgan fingerprint density at radius 2 is 1.73 bits per heavy atom. The maximum absolute atomic E-state index is 12.0. The number of nitro groups is 1. The lowest BCUT2D eigenvalue weighted by Crippen LogP contribution is -2.22. The van der Waals surface area contributed by atoms with Crippen molar-refractivity contribution in [1.82, 2.24) is 0 Å². The van der Waals surface area contributed by atoms with Gasteiger partial charge < -0.3 is 10.6 Å². The predicted molar refractivity (Wildman–Crippen MR) is 86.0 cm³/mol. The second-order valence-electron chi connectivity index (χ2n) is 4.69. The number of hydrogen-bond donors (Lipinski definition) is 2. The number of para-hydroxylation sites is 3. The van der Waals surface area contributed by atoms with Gasteiger partial charge in [-0.1, -0.05) is 37.3 Å². The summed E-state index contributed by atoms with van der Waals surface area (Å²) in [7, 11) is 0. The van der Waals surface area contributed by atoms with Gasteiger partial charge in [0.25, 0.3) is 5.69 Å². The third-order valence-corrected chi connectivity index (χ3v) is 3.21. The van der Waals surface area contributed by atoms with Gasteiger partial charge in [-0.2, -0.15) is 0 Å². The van der Waals surface area contributed by atoms with Gasteiger partial charge in [0.05, 0.1) is 11.5 Å². The molecule has 6 nitrogen and oxygen atoms in total. The number of nitrogens with zero attached hydrogens (tertiary/aromatic N) is 1. The van der Waals surface area contributed by atoms with Crippen LogP contribution in [0.15, 0.2) is 48.5 Å². The van der Waals surface area contributed by atoms with E-state index in [1.54, 1.807) is 18.2 Å². The molecule has 0 aliphatic carbocycles. The van der Waals surface area contributed by atoms with Crippen molar-refractivity contribution in [3.05, 3.63) is 64.2 Å². The first kappa shape index (κ1) is 15.5. The Kier molecular flexibility index (Phi) is 5.08. The first-order valence-electron chi connectivity index (χ1n) is 6.97. The van der Waals surface area contributed by atoms with E-state index in [1.807, 2.05) is 31.2 Å². The highest BCUT2D eigenvalue weighted by Crippen LogP contribution is 2.23. The van der Waals surface area contributed by atoms with Crippen molar-refractivity contribution in [2.24, 2.45) is 0 Å². The number of carbonyl (C=O) groups excluding carboxylic acids is 1. The predicted octanol–water partition coefficient (Wildman–Crippen LogP) is 3.21. The van der Waals surface area contributed by atoms with E-state index < -0.39 is 4.92 Å². The number of nitrogens with one attached hydrogen (secondary N) is 2. The molecule has 1 amide bonds. The van der Waals surface area contributed by atoms with Crippen LogP contribution in [-0.2, 0) is 11.2 Å². The lowest BCUT2D eigenvalue weighted by molar-refractivity contribution is -0.383. The van der Waals surface area contributed by atoms with Crippen LogP contribution in [0.1, 0.15) is 12.5 Å². The van der Waals surface area contributed by atoms with Gasteiger partial charge in [0, 0.05) is 11.8 Å². The highest BCUT2D eigenvalue weighted by Gasteiger charge is 2.13. The SMILES string of the molecule is CCc1ccccc1NC(=O)CNc1ccccc1[N+](=O)[O-]. The third-order valence-electron chi connectivity index (χ3n) is 3.21. The summed E-state index contributed by atoms with van der Waals surface area (Å²) in [5.41, 5.74) is 2.08. The topological polar surface area (TPSA) is 84.3 Å². The Labute approximate surface area is 128 Å². The fourth-order valence-electron chi connectivity index (χ4n) is 2.10. The van der Waals surface area contributed by atoms with E-state index in [4.69, 9.17) is 0 Å². The number of carbonyl (C=O) groups is 1. The molecular formula is C16H17N3O3. The number of amides is 1. The average Bonchev–Trinajstić information content (AvgIpc) is 2.53. The molecule has 0 saturated heterocycles. The molecule has 0 heterocycles. The number of rotatable bonds is 6. The van der Waals surface area contributed by atoms with Gasteiger partial charge in [0.1, 0.15) is 5.69 Å². The van der Waals surface area contributed by atoms with E-state index >= 15 is 0 Å². The Bertz CT molecular complexity index is 686. The quantitative estimate of drug-likeness (QED) is 0.633. The van der Waals surface area contributed by atoms with Crippen LogP contribution in [0.5, 0.6) is 0 Å². The molecule has 0 aromatic heterocycles. The Hall–Kier alpha value is -2.89. The van der Waals surface area contributed by atoms with Gasteiger partial charge in [-0.3, -0.25) is 14.9 Å². The minimum absolute atomic E-state index is 0.0388. The van der Waals surface area contributed by atoms with Gasteiger partial charge in [0.2, 0.25) is 5.91 Å². The van der Waals surface area contributed by atoms with Crippen LogP contribution < -0.4 is 10.6 Å². The molecule has 0 saturated carbocycles. The minimum Gasteiger partial charge on any atom is -0.371 e.